The fourth-order valence-electron chi connectivity index (χ4n) is 3.16. The summed E-state index contributed by atoms with van der Waals surface area (Å²) < 4.78 is 4.70. The van der Waals surface area contributed by atoms with Crippen molar-refractivity contribution in [3.63, 3.8) is 0 Å². The van der Waals surface area contributed by atoms with Crippen LogP contribution in [-0.2, 0) is 9.53 Å². The van der Waals surface area contributed by atoms with Gasteiger partial charge in [-0.15, -0.1) is 0 Å². The third kappa shape index (κ3) is 3.56. The van der Waals surface area contributed by atoms with E-state index >= 15 is 0 Å². The third-order valence-corrected chi connectivity index (χ3v) is 4.28. The number of ether oxygens (including phenoxy) is 1. The van der Waals surface area contributed by atoms with Gasteiger partial charge in [-0.05, 0) is 56.7 Å². The molecule has 0 spiro atoms. The maximum atomic E-state index is 13.0. The average Bonchev–Trinajstić information content (AvgIpc) is 2.93. The average molecular weight is 366 g/mol. The Morgan fingerprint density at radius 1 is 1.04 bits per heavy atom. The van der Waals surface area contributed by atoms with Gasteiger partial charge in [0, 0.05) is 16.8 Å². The molecule has 140 valence electrons. The summed E-state index contributed by atoms with van der Waals surface area (Å²) >= 11 is 0. The number of nitrogens with zero attached hydrogens (tertiary/aromatic N) is 1. The molecule has 1 heterocycles. The van der Waals surface area contributed by atoms with E-state index in [9.17, 15) is 14.4 Å². The fourth-order valence-corrected chi connectivity index (χ4v) is 3.16. The lowest BCUT2D eigenvalue weighted by Crippen LogP contribution is -2.47. The molecule has 1 aliphatic rings. The minimum absolute atomic E-state index is 0.245. The first kappa shape index (κ1) is 18.6. The van der Waals surface area contributed by atoms with Crippen LogP contribution in [0.5, 0.6) is 0 Å². The van der Waals surface area contributed by atoms with Crippen molar-refractivity contribution < 1.29 is 19.1 Å². The minimum Gasteiger partial charge on any atom is -0.465 e. The highest BCUT2D eigenvalue weighted by Gasteiger charge is 2.42. The van der Waals surface area contributed by atoms with Crippen molar-refractivity contribution in [2.24, 2.45) is 0 Å². The van der Waals surface area contributed by atoms with Gasteiger partial charge in [0.15, 0.2) is 0 Å². The highest BCUT2D eigenvalue weighted by Crippen LogP contribution is 2.38. The Balaban J connectivity index is 2.03. The topological polar surface area (TPSA) is 75.7 Å². The third-order valence-electron chi connectivity index (χ3n) is 4.28. The van der Waals surface area contributed by atoms with Gasteiger partial charge in [-0.2, -0.15) is 0 Å². The second-order valence-electron chi connectivity index (χ2n) is 7.44. The van der Waals surface area contributed by atoms with E-state index in [4.69, 9.17) is 4.74 Å². The highest BCUT2D eigenvalue weighted by atomic mass is 16.5. The number of amides is 2. The van der Waals surface area contributed by atoms with Gasteiger partial charge >= 0.3 is 5.97 Å². The van der Waals surface area contributed by atoms with Crippen molar-refractivity contribution in [1.29, 1.82) is 0 Å². The fraction of sp³-hybridized carbons (Fsp3) is 0.286. The van der Waals surface area contributed by atoms with Gasteiger partial charge in [0.1, 0.15) is 6.04 Å². The molecular weight excluding hydrogens is 344 g/mol. The maximum absolute atomic E-state index is 13.0. The van der Waals surface area contributed by atoms with Gasteiger partial charge in [0.2, 0.25) is 5.91 Å². The molecule has 0 bridgehead atoms. The van der Waals surface area contributed by atoms with Crippen LogP contribution < -0.4 is 10.2 Å². The van der Waals surface area contributed by atoms with Crippen molar-refractivity contribution in [3.8, 4) is 0 Å². The minimum atomic E-state index is -0.767. The van der Waals surface area contributed by atoms with Gasteiger partial charge in [0.05, 0.1) is 12.7 Å². The van der Waals surface area contributed by atoms with Gasteiger partial charge in [0.25, 0.3) is 5.91 Å². The second kappa shape index (κ2) is 6.87. The number of carbonyl (C=O) groups excluding carboxylic acids is 3. The van der Waals surface area contributed by atoms with Crippen molar-refractivity contribution in [2.75, 3.05) is 12.0 Å². The summed E-state index contributed by atoms with van der Waals surface area (Å²) in [6.07, 6.45) is 0. The zero-order valence-corrected chi connectivity index (χ0v) is 15.8. The Kier molecular flexibility index (Phi) is 4.74. The molecule has 0 unspecified atom stereocenters. The van der Waals surface area contributed by atoms with Crippen molar-refractivity contribution in [2.45, 2.75) is 32.4 Å². The molecule has 6 nitrogen and oxygen atoms in total. The van der Waals surface area contributed by atoms with Crippen molar-refractivity contribution >= 4 is 23.5 Å². The molecule has 2 amide bonds. The molecule has 1 aliphatic heterocycles. The van der Waals surface area contributed by atoms with Gasteiger partial charge in [-0.25, -0.2) is 4.79 Å². The Labute approximate surface area is 158 Å². The van der Waals surface area contributed by atoms with E-state index in [0.717, 1.165) is 0 Å². The standard InChI is InChI=1S/C21H22N2O4/c1-21(2,3)22-18(24)17-15-7-5-6-8-16(15)19(25)23(17)14-11-9-13(10-12-14)20(26)27-4/h5-12,17H,1-4H3,(H,22,24)/t17-/m0/s1. The van der Waals surface area contributed by atoms with E-state index in [1.165, 1.54) is 12.0 Å². The van der Waals surface area contributed by atoms with Gasteiger partial charge < -0.3 is 10.1 Å². The van der Waals surface area contributed by atoms with Crippen LogP contribution in [0.3, 0.4) is 0 Å². The lowest BCUT2D eigenvalue weighted by Gasteiger charge is -2.29. The molecule has 1 N–H and O–H groups in total. The van der Waals surface area contributed by atoms with Crippen LogP contribution in [0.4, 0.5) is 5.69 Å². The van der Waals surface area contributed by atoms with Crippen LogP contribution in [0.15, 0.2) is 48.5 Å². The molecule has 0 aliphatic carbocycles. The Bertz CT molecular complexity index is 897. The summed E-state index contributed by atoms with van der Waals surface area (Å²) in [6, 6.07) is 12.8. The summed E-state index contributed by atoms with van der Waals surface area (Å²) in [5, 5.41) is 2.95. The summed E-state index contributed by atoms with van der Waals surface area (Å²) in [6.45, 7) is 5.68. The molecule has 0 saturated carbocycles. The molecule has 1 atom stereocenters. The molecule has 0 saturated heterocycles. The number of rotatable bonds is 3. The molecule has 0 radical (unpaired) electrons. The highest BCUT2D eigenvalue weighted by molar-refractivity contribution is 6.15. The first-order valence-electron chi connectivity index (χ1n) is 8.66. The lowest BCUT2D eigenvalue weighted by atomic mass is 10.0. The smallest absolute Gasteiger partial charge is 0.337 e. The zero-order chi connectivity index (χ0) is 19.8. The van der Waals surface area contributed by atoms with Crippen molar-refractivity contribution in [3.05, 3.63) is 65.2 Å². The molecule has 27 heavy (non-hydrogen) atoms. The largest absolute Gasteiger partial charge is 0.465 e. The second-order valence-corrected chi connectivity index (χ2v) is 7.44. The summed E-state index contributed by atoms with van der Waals surface area (Å²) in [5.41, 5.74) is 1.65. The number of nitrogens with one attached hydrogen (secondary N) is 1. The number of anilines is 1. The van der Waals surface area contributed by atoms with E-state index in [-0.39, 0.29) is 11.8 Å². The molecule has 3 rings (SSSR count). The van der Waals surface area contributed by atoms with Crippen molar-refractivity contribution in [1.82, 2.24) is 5.32 Å². The lowest BCUT2D eigenvalue weighted by molar-refractivity contribution is -0.123. The first-order chi connectivity index (χ1) is 12.7. The molecule has 6 heteroatoms. The van der Waals surface area contributed by atoms with E-state index in [1.807, 2.05) is 26.8 Å². The predicted octanol–water partition coefficient (Wildman–Crippen LogP) is 3.09. The first-order valence-corrected chi connectivity index (χ1v) is 8.66. The van der Waals surface area contributed by atoms with E-state index in [0.29, 0.717) is 22.4 Å². The van der Waals surface area contributed by atoms with E-state index < -0.39 is 17.6 Å². The van der Waals surface area contributed by atoms with Crippen LogP contribution in [0, 0.1) is 0 Å². The Morgan fingerprint density at radius 3 is 2.26 bits per heavy atom. The molecule has 0 aromatic heterocycles. The van der Waals surface area contributed by atoms with Crippen LogP contribution in [-0.4, -0.2) is 30.4 Å². The summed E-state index contributed by atoms with van der Waals surface area (Å²) in [7, 11) is 1.31. The maximum Gasteiger partial charge on any atom is 0.337 e. The number of hydrogen-bond donors (Lipinski definition) is 1. The van der Waals surface area contributed by atoms with E-state index in [1.54, 1.807) is 42.5 Å². The molecule has 2 aromatic carbocycles. The van der Waals surface area contributed by atoms with Crippen LogP contribution in [0.1, 0.15) is 53.1 Å². The predicted molar refractivity (Wildman–Crippen MR) is 102 cm³/mol. The monoisotopic (exact) mass is 366 g/mol. The number of carbonyl (C=O) groups is 3. The SMILES string of the molecule is COC(=O)c1ccc(N2C(=O)c3ccccc3[C@H]2C(=O)NC(C)(C)C)cc1. The zero-order valence-electron chi connectivity index (χ0n) is 15.8. The van der Waals surface area contributed by atoms with E-state index in [2.05, 4.69) is 5.32 Å². The number of methoxy groups -OCH3 is 1. The number of hydrogen-bond acceptors (Lipinski definition) is 4. The van der Waals surface area contributed by atoms with Crippen LogP contribution in [0.2, 0.25) is 0 Å². The number of fused-ring (bicyclic) bond motifs is 1. The Hall–Kier alpha value is -3.15. The molecule has 0 fully saturated rings. The number of benzene rings is 2. The normalized spacial score (nSPS) is 16.1. The van der Waals surface area contributed by atoms with Gasteiger partial charge in [-0.3, -0.25) is 14.5 Å². The molecular formula is C21H22N2O4. The van der Waals surface area contributed by atoms with Crippen LogP contribution in [0.25, 0.3) is 0 Å². The number of esters is 1. The Morgan fingerprint density at radius 2 is 1.67 bits per heavy atom. The van der Waals surface area contributed by atoms with Gasteiger partial charge in [-0.1, -0.05) is 18.2 Å². The summed E-state index contributed by atoms with van der Waals surface area (Å²) in [4.78, 5) is 39.1. The van der Waals surface area contributed by atoms with Crippen LogP contribution >= 0.6 is 0 Å². The molecule has 2 aromatic rings. The quantitative estimate of drug-likeness (QED) is 0.847. The summed E-state index contributed by atoms with van der Waals surface area (Å²) in [5.74, 6) is -0.956.